The van der Waals surface area contributed by atoms with Crippen molar-refractivity contribution in [2.75, 3.05) is 26.2 Å². The van der Waals surface area contributed by atoms with Gasteiger partial charge in [-0.25, -0.2) is 4.39 Å². The quantitative estimate of drug-likeness (QED) is 0.870. The summed E-state index contributed by atoms with van der Waals surface area (Å²) in [5.41, 5.74) is 0.228. The second kappa shape index (κ2) is 6.02. The Bertz CT molecular complexity index is 848. The fourth-order valence-corrected chi connectivity index (χ4v) is 3.86. The lowest BCUT2D eigenvalue weighted by Gasteiger charge is -2.44. The van der Waals surface area contributed by atoms with Crippen LogP contribution in [0.5, 0.6) is 0 Å². The van der Waals surface area contributed by atoms with Gasteiger partial charge in [-0.15, -0.1) is 0 Å². The second-order valence-electron chi connectivity index (χ2n) is 6.66. The zero-order chi connectivity index (χ0) is 16.7. The molecule has 0 unspecified atom stereocenters. The van der Waals surface area contributed by atoms with Gasteiger partial charge in [0.15, 0.2) is 0 Å². The molecule has 24 heavy (non-hydrogen) atoms. The number of nitrogens with one attached hydrogen (secondary N) is 1. The molecule has 1 aromatic heterocycles. The largest absolute Gasteiger partial charge is 0.360 e. The maximum atomic E-state index is 13.4. The number of halogens is 1. The number of rotatable bonds is 1. The van der Waals surface area contributed by atoms with Crippen LogP contribution >= 0.6 is 0 Å². The summed E-state index contributed by atoms with van der Waals surface area (Å²) < 4.78 is 13.4. The lowest BCUT2D eigenvalue weighted by atomic mass is 9.99. The van der Waals surface area contributed by atoms with Gasteiger partial charge >= 0.3 is 0 Å². The van der Waals surface area contributed by atoms with Crippen LogP contribution in [0, 0.1) is 5.82 Å². The molecule has 4 rings (SSSR count). The first-order chi connectivity index (χ1) is 11.6. The van der Waals surface area contributed by atoms with Crippen molar-refractivity contribution in [1.29, 1.82) is 0 Å². The van der Waals surface area contributed by atoms with Gasteiger partial charge in [0.1, 0.15) is 11.4 Å². The molecule has 2 aromatic rings. The minimum absolute atomic E-state index is 0.0948. The van der Waals surface area contributed by atoms with Gasteiger partial charge in [-0.05, 0) is 37.6 Å². The summed E-state index contributed by atoms with van der Waals surface area (Å²) in [5, 5.41) is 0.220. The van der Waals surface area contributed by atoms with Gasteiger partial charge < -0.3 is 9.88 Å². The van der Waals surface area contributed by atoms with Gasteiger partial charge in [-0.3, -0.25) is 14.5 Å². The van der Waals surface area contributed by atoms with Crippen LogP contribution in [0.1, 0.15) is 29.6 Å². The number of fused-ring (bicyclic) bond motifs is 2. The van der Waals surface area contributed by atoms with E-state index in [0.717, 1.165) is 19.5 Å². The molecule has 0 bridgehead atoms. The maximum Gasteiger partial charge on any atom is 0.259 e. The molecule has 6 heteroatoms. The molecule has 2 aliphatic rings. The SMILES string of the molecule is O=C(c1c[nH]c2ccc(F)cc2c1=O)N1CCN2CCCC[C@H]2C1. The van der Waals surface area contributed by atoms with E-state index in [9.17, 15) is 14.0 Å². The van der Waals surface area contributed by atoms with Crippen LogP contribution in [0.3, 0.4) is 0 Å². The van der Waals surface area contributed by atoms with E-state index in [1.807, 2.05) is 0 Å². The fourth-order valence-electron chi connectivity index (χ4n) is 3.86. The van der Waals surface area contributed by atoms with E-state index >= 15 is 0 Å². The first-order valence-corrected chi connectivity index (χ1v) is 8.48. The number of carbonyl (C=O) groups is 1. The monoisotopic (exact) mass is 329 g/mol. The third-order valence-electron chi connectivity index (χ3n) is 5.20. The molecule has 2 aliphatic heterocycles. The molecule has 1 N–H and O–H groups in total. The summed E-state index contributed by atoms with van der Waals surface area (Å²) in [4.78, 5) is 32.6. The average molecular weight is 329 g/mol. The van der Waals surface area contributed by atoms with Gasteiger partial charge in [-0.1, -0.05) is 6.42 Å². The minimum atomic E-state index is -0.478. The molecule has 0 spiro atoms. The van der Waals surface area contributed by atoms with Crippen LogP contribution in [0.25, 0.3) is 10.9 Å². The highest BCUT2D eigenvalue weighted by Crippen LogP contribution is 2.22. The number of piperidine rings is 1. The average Bonchev–Trinajstić information content (AvgIpc) is 2.61. The molecule has 0 radical (unpaired) electrons. The summed E-state index contributed by atoms with van der Waals surface area (Å²) in [6, 6.07) is 4.39. The minimum Gasteiger partial charge on any atom is -0.360 e. The van der Waals surface area contributed by atoms with Crippen molar-refractivity contribution in [3.05, 3.63) is 46.0 Å². The third-order valence-corrected chi connectivity index (χ3v) is 5.20. The van der Waals surface area contributed by atoms with Crippen LogP contribution in [0.2, 0.25) is 0 Å². The van der Waals surface area contributed by atoms with Gasteiger partial charge in [0.2, 0.25) is 5.43 Å². The molecule has 0 aliphatic carbocycles. The van der Waals surface area contributed by atoms with Crippen molar-refractivity contribution >= 4 is 16.8 Å². The summed E-state index contributed by atoms with van der Waals surface area (Å²) >= 11 is 0. The van der Waals surface area contributed by atoms with Gasteiger partial charge in [-0.2, -0.15) is 0 Å². The molecule has 1 aromatic carbocycles. The van der Waals surface area contributed by atoms with Crippen LogP contribution in [0.4, 0.5) is 4.39 Å². The molecular weight excluding hydrogens is 309 g/mol. The van der Waals surface area contributed by atoms with E-state index in [2.05, 4.69) is 9.88 Å². The summed E-state index contributed by atoms with van der Waals surface area (Å²) in [5.74, 6) is -0.735. The van der Waals surface area contributed by atoms with E-state index in [1.54, 1.807) is 4.90 Å². The molecule has 2 saturated heterocycles. The smallest absolute Gasteiger partial charge is 0.259 e. The fraction of sp³-hybridized carbons (Fsp3) is 0.444. The Labute approximate surface area is 139 Å². The number of amides is 1. The molecule has 2 fully saturated rings. The number of benzene rings is 1. The number of aromatic nitrogens is 1. The number of aromatic amines is 1. The number of pyridine rings is 1. The highest BCUT2D eigenvalue weighted by Gasteiger charge is 2.32. The van der Waals surface area contributed by atoms with Crippen molar-refractivity contribution in [2.45, 2.75) is 25.3 Å². The topological polar surface area (TPSA) is 56.4 Å². The Kier molecular flexibility index (Phi) is 3.84. The maximum absolute atomic E-state index is 13.4. The van der Waals surface area contributed by atoms with E-state index in [-0.39, 0.29) is 16.9 Å². The predicted molar refractivity (Wildman–Crippen MR) is 89.6 cm³/mol. The zero-order valence-electron chi connectivity index (χ0n) is 13.4. The number of nitrogens with zero attached hydrogens (tertiary/aromatic N) is 2. The number of hydrogen-bond donors (Lipinski definition) is 1. The normalized spacial score (nSPS) is 21.7. The van der Waals surface area contributed by atoms with Crippen LogP contribution in [0.15, 0.2) is 29.2 Å². The van der Waals surface area contributed by atoms with Crippen molar-refractivity contribution in [2.24, 2.45) is 0 Å². The van der Waals surface area contributed by atoms with Gasteiger partial charge in [0.25, 0.3) is 5.91 Å². The highest BCUT2D eigenvalue weighted by molar-refractivity contribution is 5.97. The lowest BCUT2D eigenvalue weighted by molar-refractivity contribution is 0.0371. The number of hydrogen-bond acceptors (Lipinski definition) is 3. The Balaban J connectivity index is 1.63. The van der Waals surface area contributed by atoms with Crippen molar-refractivity contribution in [1.82, 2.24) is 14.8 Å². The molecule has 5 nitrogen and oxygen atoms in total. The second-order valence-corrected chi connectivity index (χ2v) is 6.66. The Morgan fingerprint density at radius 2 is 2.08 bits per heavy atom. The van der Waals surface area contributed by atoms with Gasteiger partial charge in [0, 0.05) is 42.8 Å². The van der Waals surface area contributed by atoms with Crippen LogP contribution in [-0.2, 0) is 0 Å². The number of piperazine rings is 1. The van der Waals surface area contributed by atoms with Crippen molar-refractivity contribution in [3.8, 4) is 0 Å². The first kappa shape index (κ1) is 15.3. The lowest BCUT2D eigenvalue weighted by Crippen LogP contribution is -2.56. The van der Waals surface area contributed by atoms with E-state index in [4.69, 9.17) is 0 Å². The van der Waals surface area contributed by atoms with E-state index in [0.29, 0.717) is 24.6 Å². The molecule has 1 atom stereocenters. The summed E-state index contributed by atoms with van der Waals surface area (Å²) in [6.07, 6.45) is 4.97. The van der Waals surface area contributed by atoms with Crippen molar-refractivity contribution in [3.63, 3.8) is 0 Å². The molecule has 126 valence electrons. The highest BCUT2D eigenvalue weighted by atomic mass is 19.1. The Hall–Kier alpha value is -2.21. The van der Waals surface area contributed by atoms with Crippen LogP contribution < -0.4 is 5.43 Å². The number of carbonyl (C=O) groups excluding carboxylic acids is 1. The first-order valence-electron chi connectivity index (χ1n) is 8.48. The van der Waals surface area contributed by atoms with Gasteiger partial charge in [0.05, 0.1) is 0 Å². The van der Waals surface area contributed by atoms with Crippen LogP contribution in [-0.4, -0.2) is 52.9 Å². The molecular formula is C18H20FN3O2. The number of H-pyrrole nitrogens is 1. The molecule has 3 heterocycles. The Morgan fingerprint density at radius 1 is 1.21 bits per heavy atom. The standard InChI is InChI=1S/C18H20FN3O2/c19-12-4-5-16-14(9-12)17(23)15(10-20-16)18(24)22-8-7-21-6-2-1-3-13(21)11-22/h4-5,9-10,13H,1-3,6-8,11H2,(H,20,23)/t13-/m0/s1. The van der Waals surface area contributed by atoms with E-state index in [1.165, 1.54) is 37.2 Å². The molecule has 1 amide bonds. The molecule has 0 saturated carbocycles. The summed E-state index contributed by atoms with van der Waals surface area (Å²) in [6.45, 7) is 3.26. The van der Waals surface area contributed by atoms with E-state index < -0.39 is 11.2 Å². The zero-order valence-corrected chi connectivity index (χ0v) is 13.4. The van der Waals surface area contributed by atoms with Crippen molar-refractivity contribution < 1.29 is 9.18 Å². The summed E-state index contributed by atoms with van der Waals surface area (Å²) in [7, 11) is 0. The Morgan fingerprint density at radius 3 is 2.96 bits per heavy atom. The third kappa shape index (κ3) is 2.60. The predicted octanol–water partition coefficient (Wildman–Crippen LogP) is 1.98.